The molecule has 2 fully saturated rings. The molecule has 4 rings (SSSR count). The maximum Gasteiger partial charge on any atom is 0.191 e. The summed E-state index contributed by atoms with van der Waals surface area (Å²) in [5, 5.41) is 8.12. The van der Waals surface area contributed by atoms with Crippen molar-refractivity contribution >= 4 is 40.9 Å². The molecule has 130 valence electrons. The molecule has 4 nitrogen and oxygen atoms in total. The Bertz CT molecular complexity index is 698. The van der Waals surface area contributed by atoms with Gasteiger partial charge in [-0.15, -0.1) is 24.0 Å². The average molecular weight is 439 g/mol. The molecule has 2 N–H and O–H groups in total. The number of halogens is 1. The molecule has 1 aromatic heterocycles. The summed E-state index contributed by atoms with van der Waals surface area (Å²) in [4.78, 5) is 4.37. The molecule has 0 saturated heterocycles. The summed E-state index contributed by atoms with van der Waals surface area (Å²) in [7, 11) is 1.83. The zero-order valence-corrected chi connectivity index (χ0v) is 16.7. The number of benzene rings is 1. The second kappa shape index (κ2) is 6.94. The summed E-state index contributed by atoms with van der Waals surface area (Å²) >= 11 is 0. The molecule has 2 saturated carbocycles. The van der Waals surface area contributed by atoms with Crippen molar-refractivity contribution in [2.45, 2.75) is 38.6 Å². The molecule has 0 spiro atoms. The number of rotatable bonds is 5. The van der Waals surface area contributed by atoms with Gasteiger partial charge in [0, 0.05) is 19.0 Å². The topological polar surface area (TPSA) is 49.6 Å². The van der Waals surface area contributed by atoms with Crippen LogP contribution in [0, 0.1) is 11.3 Å². The zero-order valence-electron chi connectivity index (χ0n) is 14.3. The van der Waals surface area contributed by atoms with Crippen molar-refractivity contribution in [2.24, 2.45) is 16.3 Å². The van der Waals surface area contributed by atoms with Crippen LogP contribution in [-0.2, 0) is 0 Å². The highest BCUT2D eigenvalue weighted by molar-refractivity contribution is 14.0. The van der Waals surface area contributed by atoms with Crippen molar-refractivity contribution in [1.82, 2.24) is 10.6 Å². The first-order chi connectivity index (χ1) is 11.2. The lowest BCUT2D eigenvalue weighted by molar-refractivity contribution is 0.427. The number of furan rings is 1. The Morgan fingerprint density at radius 1 is 1.33 bits per heavy atom. The Morgan fingerprint density at radius 3 is 2.71 bits per heavy atom. The van der Waals surface area contributed by atoms with Gasteiger partial charge in [0.1, 0.15) is 11.3 Å². The predicted octanol–water partition coefficient (Wildman–Crippen LogP) is 4.47. The van der Waals surface area contributed by atoms with E-state index in [0.717, 1.165) is 35.2 Å². The second-order valence-corrected chi connectivity index (χ2v) is 7.12. The van der Waals surface area contributed by atoms with Crippen molar-refractivity contribution in [3.8, 4) is 0 Å². The number of guanidine groups is 1. The largest absolute Gasteiger partial charge is 0.459 e. The van der Waals surface area contributed by atoms with Gasteiger partial charge in [-0.05, 0) is 56.1 Å². The van der Waals surface area contributed by atoms with Crippen molar-refractivity contribution in [3.05, 3.63) is 36.1 Å². The van der Waals surface area contributed by atoms with E-state index < -0.39 is 0 Å². The molecular formula is C19H26IN3O. The van der Waals surface area contributed by atoms with Crippen molar-refractivity contribution in [3.63, 3.8) is 0 Å². The first kappa shape index (κ1) is 17.6. The number of hydrogen-bond acceptors (Lipinski definition) is 2. The molecule has 5 heteroatoms. The zero-order chi connectivity index (χ0) is 15.9. The van der Waals surface area contributed by atoms with Crippen LogP contribution >= 0.6 is 24.0 Å². The summed E-state index contributed by atoms with van der Waals surface area (Å²) in [6.45, 7) is 3.16. The van der Waals surface area contributed by atoms with Gasteiger partial charge < -0.3 is 15.1 Å². The number of nitrogens with zero attached hydrogens (tertiary/aromatic N) is 1. The molecule has 0 bridgehead atoms. The molecule has 1 aromatic carbocycles. The molecule has 0 amide bonds. The van der Waals surface area contributed by atoms with Crippen LogP contribution in [0.5, 0.6) is 0 Å². The third-order valence-corrected chi connectivity index (χ3v) is 5.39. The fraction of sp³-hybridized carbons (Fsp3) is 0.526. The van der Waals surface area contributed by atoms with Gasteiger partial charge in [0.25, 0.3) is 0 Å². The molecule has 0 radical (unpaired) electrons. The second-order valence-electron chi connectivity index (χ2n) is 7.12. The van der Waals surface area contributed by atoms with E-state index in [1.165, 1.54) is 25.7 Å². The standard InChI is InChI=1S/C19H25N3O.HI/c1-13(17-11-14-5-3-4-6-16(14)23-17)22-18(20-2)21-12-19(9-10-19)15-7-8-15;/h3-6,11,13,15H,7-10,12H2,1-2H3,(H2,20,21,22);1H. The normalized spacial score (nSPS) is 20.3. The SMILES string of the molecule is CN=C(NCC1(C2CC2)CC1)NC(C)c1cc2ccccc2o1.I. The average Bonchev–Trinajstić information content (AvgIpc) is 3.47. The van der Waals surface area contributed by atoms with E-state index in [-0.39, 0.29) is 30.0 Å². The molecule has 2 aliphatic carbocycles. The van der Waals surface area contributed by atoms with Gasteiger partial charge in [0.2, 0.25) is 0 Å². The summed E-state index contributed by atoms with van der Waals surface area (Å²) in [6.07, 6.45) is 5.59. The van der Waals surface area contributed by atoms with Crippen molar-refractivity contribution in [2.75, 3.05) is 13.6 Å². The summed E-state index contributed by atoms with van der Waals surface area (Å²) in [5.41, 5.74) is 1.50. The number of aliphatic imine (C=N–C) groups is 1. The van der Waals surface area contributed by atoms with E-state index in [1.54, 1.807) is 0 Å². The Morgan fingerprint density at radius 2 is 2.08 bits per heavy atom. The summed E-state index contributed by atoms with van der Waals surface area (Å²) in [5.74, 6) is 2.77. The van der Waals surface area contributed by atoms with Gasteiger partial charge in [-0.25, -0.2) is 0 Å². The summed E-state index contributed by atoms with van der Waals surface area (Å²) in [6, 6.07) is 10.3. The predicted molar refractivity (Wildman–Crippen MR) is 109 cm³/mol. The van der Waals surface area contributed by atoms with Crippen LogP contribution in [-0.4, -0.2) is 19.6 Å². The maximum absolute atomic E-state index is 5.94. The Balaban J connectivity index is 0.00000169. The number of fused-ring (bicyclic) bond motifs is 1. The first-order valence-corrected chi connectivity index (χ1v) is 8.66. The van der Waals surface area contributed by atoms with Crippen LogP contribution in [0.25, 0.3) is 11.0 Å². The maximum atomic E-state index is 5.94. The van der Waals surface area contributed by atoms with Crippen LogP contribution in [0.2, 0.25) is 0 Å². The minimum Gasteiger partial charge on any atom is -0.459 e. The molecule has 24 heavy (non-hydrogen) atoms. The summed E-state index contributed by atoms with van der Waals surface area (Å²) < 4.78 is 5.94. The lowest BCUT2D eigenvalue weighted by atomic mass is 10.0. The van der Waals surface area contributed by atoms with E-state index in [4.69, 9.17) is 4.42 Å². The minimum atomic E-state index is 0. The molecule has 1 atom stereocenters. The highest BCUT2D eigenvalue weighted by Gasteiger charge is 2.53. The van der Waals surface area contributed by atoms with Gasteiger partial charge in [0.05, 0.1) is 6.04 Å². The van der Waals surface area contributed by atoms with E-state index in [9.17, 15) is 0 Å². The molecule has 0 aliphatic heterocycles. The van der Waals surface area contributed by atoms with Gasteiger partial charge in [-0.1, -0.05) is 18.2 Å². The van der Waals surface area contributed by atoms with E-state index >= 15 is 0 Å². The van der Waals surface area contributed by atoms with Crippen molar-refractivity contribution in [1.29, 1.82) is 0 Å². The Labute approximate surface area is 160 Å². The van der Waals surface area contributed by atoms with E-state index in [0.29, 0.717) is 5.41 Å². The highest BCUT2D eigenvalue weighted by atomic mass is 127. The number of nitrogens with one attached hydrogen (secondary N) is 2. The lowest BCUT2D eigenvalue weighted by Crippen LogP contribution is -2.41. The van der Waals surface area contributed by atoms with E-state index in [2.05, 4.69) is 34.7 Å². The van der Waals surface area contributed by atoms with Gasteiger partial charge in [0.15, 0.2) is 5.96 Å². The molecular weight excluding hydrogens is 413 g/mol. The minimum absolute atomic E-state index is 0. The molecule has 2 aliphatic rings. The van der Waals surface area contributed by atoms with Gasteiger partial charge in [-0.3, -0.25) is 4.99 Å². The molecule has 2 aromatic rings. The lowest BCUT2D eigenvalue weighted by Gasteiger charge is -2.20. The van der Waals surface area contributed by atoms with Crippen molar-refractivity contribution < 1.29 is 4.42 Å². The highest BCUT2D eigenvalue weighted by Crippen LogP contribution is 2.60. The first-order valence-electron chi connectivity index (χ1n) is 8.66. The fourth-order valence-electron chi connectivity index (χ4n) is 3.53. The Kier molecular flexibility index (Phi) is 5.08. The third kappa shape index (κ3) is 3.55. The quantitative estimate of drug-likeness (QED) is 0.411. The van der Waals surface area contributed by atoms with Gasteiger partial charge >= 0.3 is 0 Å². The Hall–Kier alpha value is -1.24. The number of hydrogen-bond donors (Lipinski definition) is 2. The molecule has 1 heterocycles. The number of para-hydroxylation sites is 1. The van der Waals surface area contributed by atoms with Gasteiger partial charge in [-0.2, -0.15) is 0 Å². The third-order valence-electron chi connectivity index (χ3n) is 5.39. The van der Waals surface area contributed by atoms with Crippen LogP contribution in [0.4, 0.5) is 0 Å². The van der Waals surface area contributed by atoms with Crippen LogP contribution in [0.1, 0.15) is 44.4 Å². The fourth-order valence-corrected chi connectivity index (χ4v) is 3.53. The van der Waals surface area contributed by atoms with E-state index in [1.807, 2.05) is 25.2 Å². The monoisotopic (exact) mass is 439 g/mol. The molecule has 1 unspecified atom stereocenters. The van der Waals surface area contributed by atoms with Crippen LogP contribution in [0.15, 0.2) is 39.7 Å². The van der Waals surface area contributed by atoms with Crippen LogP contribution < -0.4 is 10.6 Å². The van der Waals surface area contributed by atoms with Crippen LogP contribution in [0.3, 0.4) is 0 Å². The smallest absolute Gasteiger partial charge is 0.191 e.